The number of nitrogens with zero attached hydrogens (tertiary/aromatic N) is 1. The van der Waals surface area contributed by atoms with Gasteiger partial charge in [0, 0.05) is 25.2 Å². The second-order valence-electron chi connectivity index (χ2n) is 7.12. The fraction of sp³-hybridized carbons (Fsp3) is 0.647. The van der Waals surface area contributed by atoms with Crippen LogP contribution in [-0.2, 0) is 0 Å². The van der Waals surface area contributed by atoms with Crippen molar-refractivity contribution in [2.75, 3.05) is 24.6 Å². The monoisotopic (exact) mass is 294 g/mol. The summed E-state index contributed by atoms with van der Waals surface area (Å²) in [5.41, 5.74) is 7.09. The molecule has 0 amide bonds. The van der Waals surface area contributed by atoms with Gasteiger partial charge >= 0.3 is 0 Å². The van der Waals surface area contributed by atoms with Gasteiger partial charge in [0.25, 0.3) is 0 Å². The molecule has 118 valence electrons. The van der Waals surface area contributed by atoms with Gasteiger partial charge in [0.15, 0.2) is 0 Å². The van der Waals surface area contributed by atoms with Crippen LogP contribution in [0.4, 0.5) is 10.1 Å². The van der Waals surface area contributed by atoms with Crippen molar-refractivity contribution >= 4 is 5.69 Å². The molecule has 0 spiro atoms. The van der Waals surface area contributed by atoms with Gasteiger partial charge < -0.3 is 15.4 Å². The summed E-state index contributed by atoms with van der Waals surface area (Å²) in [6.07, 6.45) is 3.04. The zero-order valence-electron chi connectivity index (χ0n) is 13.4. The molecule has 0 radical (unpaired) electrons. The first-order valence-electron chi connectivity index (χ1n) is 7.78. The van der Waals surface area contributed by atoms with Gasteiger partial charge in [-0.2, -0.15) is 0 Å². The quantitative estimate of drug-likeness (QED) is 0.922. The number of anilines is 1. The lowest BCUT2D eigenvalue weighted by molar-refractivity contribution is 0.243. The third-order valence-electron chi connectivity index (χ3n) is 3.83. The predicted octanol–water partition coefficient (Wildman–Crippen LogP) is 3.57. The van der Waals surface area contributed by atoms with E-state index in [-0.39, 0.29) is 17.3 Å². The van der Waals surface area contributed by atoms with Gasteiger partial charge in [0.1, 0.15) is 11.6 Å². The van der Waals surface area contributed by atoms with Crippen molar-refractivity contribution in [1.29, 1.82) is 0 Å². The number of hydrogen-bond acceptors (Lipinski definition) is 3. The van der Waals surface area contributed by atoms with Crippen molar-refractivity contribution in [2.45, 2.75) is 46.1 Å². The lowest BCUT2D eigenvalue weighted by Gasteiger charge is -2.33. The summed E-state index contributed by atoms with van der Waals surface area (Å²) < 4.78 is 19.5. The second-order valence-corrected chi connectivity index (χ2v) is 7.12. The highest BCUT2D eigenvalue weighted by Gasteiger charge is 2.21. The first-order chi connectivity index (χ1) is 9.85. The first-order valence-corrected chi connectivity index (χ1v) is 7.78. The van der Waals surface area contributed by atoms with E-state index in [9.17, 15) is 4.39 Å². The average molecular weight is 294 g/mol. The third kappa shape index (κ3) is 4.88. The van der Waals surface area contributed by atoms with Gasteiger partial charge in [0.05, 0.1) is 12.3 Å². The molecule has 1 heterocycles. The molecule has 0 aromatic heterocycles. The Morgan fingerprint density at radius 2 is 2.14 bits per heavy atom. The molecular weight excluding hydrogens is 267 g/mol. The van der Waals surface area contributed by atoms with Crippen LogP contribution in [-0.4, -0.2) is 25.7 Å². The molecule has 21 heavy (non-hydrogen) atoms. The zero-order chi connectivity index (χ0) is 15.5. The van der Waals surface area contributed by atoms with Crippen LogP contribution in [0.25, 0.3) is 0 Å². The predicted molar refractivity (Wildman–Crippen MR) is 85.4 cm³/mol. The highest BCUT2D eigenvalue weighted by Crippen LogP contribution is 2.32. The Kier molecular flexibility index (Phi) is 5.09. The van der Waals surface area contributed by atoms with Gasteiger partial charge in [-0.15, -0.1) is 0 Å². The maximum atomic E-state index is 13.6. The Morgan fingerprint density at radius 1 is 1.38 bits per heavy atom. The molecular formula is C17H27FN2O. The maximum absolute atomic E-state index is 13.6. The van der Waals surface area contributed by atoms with E-state index in [2.05, 4.69) is 25.7 Å². The van der Waals surface area contributed by atoms with Crippen molar-refractivity contribution in [2.24, 2.45) is 11.1 Å². The summed E-state index contributed by atoms with van der Waals surface area (Å²) in [5, 5.41) is 0. The second kappa shape index (κ2) is 6.65. The van der Waals surface area contributed by atoms with Gasteiger partial charge in [-0.25, -0.2) is 4.39 Å². The Balaban J connectivity index is 2.09. The molecule has 1 fully saturated rings. The molecule has 4 heteroatoms. The maximum Gasteiger partial charge on any atom is 0.142 e. The molecule has 1 unspecified atom stereocenters. The van der Waals surface area contributed by atoms with Crippen molar-refractivity contribution in [1.82, 2.24) is 0 Å². The number of nitrogens with two attached hydrogens (primary N) is 1. The number of rotatable bonds is 4. The fourth-order valence-corrected chi connectivity index (χ4v) is 2.56. The topological polar surface area (TPSA) is 38.5 Å². The van der Waals surface area contributed by atoms with E-state index in [0.717, 1.165) is 43.8 Å². The molecule has 1 aliphatic rings. The van der Waals surface area contributed by atoms with Crippen LogP contribution >= 0.6 is 0 Å². The standard InChI is InChI=1S/C17H27FN2O/c1-17(2,3)8-10-21-16-7-6-13(18)11-15(16)20-9-4-5-14(19)12-20/h6-7,11,14H,4-5,8-10,12,19H2,1-3H3. The van der Waals surface area contributed by atoms with Gasteiger partial charge in [0.2, 0.25) is 0 Å². The van der Waals surface area contributed by atoms with Gasteiger partial charge in [-0.3, -0.25) is 0 Å². The van der Waals surface area contributed by atoms with Gasteiger partial charge in [-0.05, 0) is 36.8 Å². The third-order valence-corrected chi connectivity index (χ3v) is 3.83. The average Bonchev–Trinajstić information content (AvgIpc) is 2.39. The Hall–Kier alpha value is -1.29. The summed E-state index contributed by atoms with van der Waals surface area (Å²) in [6, 6.07) is 4.90. The molecule has 0 saturated carbocycles. The van der Waals surface area contributed by atoms with Crippen LogP contribution in [0, 0.1) is 11.2 Å². The smallest absolute Gasteiger partial charge is 0.142 e. The largest absolute Gasteiger partial charge is 0.491 e. The van der Waals surface area contributed by atoms with Crippen molar-refractivity contribution in [3.8, 4) is 5.75 Å². The number of hydrogen-bond donors (Lipinski definition) is 1. The number of ether oxygens (including phenoxy) is 1. The number of benzene rings is 1. The summed E-state index contributed by atoms with van der Waals surface area (Å²) in [6.45, 7) is 8.87. The highest BCUT2D eigenvalue weighted by atomic mass is 19.1. The number of piperidine rings is 1. The van der Waals surface area contributed by atoms with Crippen LogP contribution < -0.4 is 15.4 Å². The lowest BCUT2D eigenvalue weighted by Crippen LogP contribution is -2.43. The molecule has 0 bridgehead atoms. The molecule has 1 atom stereocenters. The zero-order valence-corrected chi connectivity index (χ0v) is 13.4. The summed E-state index contributed by atoms with van der Waals surface area (Å²) in [4.78, 5) is 2.14. The van der Waals surface area contributed by atoms with E-state index in [1.807, 2.05) is 0 Å². The van der Waals surface area contributed by atoms with E-state index >= 15 is 0 Å². The van der Waals surface area contributed by atoms with E-state index in [1.165, 1.54) is 6.07 Å². The van der Waals surface area contributed by atoms with Crippen molar-refractivity contribution in [3.05, 3.63) is 24.0 Å². The van der Waals surface area contributed by atoms with Crippen LogP contribution in [0.15, 0.2) is 18.2 Å². The molecule has 3 nitrogen and oxygen atoms in total. The SMILES string of the molecule is CC(C)(C)CCOc1ccc(F)cc1N1CCCC(N)C1. The Labute approximate surface area is 127 Å². The van der Waals surface area contributed by atoms with E-state index in [0.29, 0.717) is 6.61 Å². The Morgan fingerprint density at radius 3 is 2.81 bits per heavy atom. The van der Waals surface area contributed by atoms with Crippen LogP contribution in [0.2, 0.25) is 0 Å². The van der Waals surface area contributed by atoms with Crippen molar-refractivity contribution < 1.29 is 9.13 Å². The normalized spacial score (nSPS) is 19.7. The van der Waals surface area contributed by atoms with E-state index < -0.39 is 0 Å². The highest BCUT2D eigenvalue weighted by molar-refractivity contribution is 5.59. The molecule has 1 aliphatic heterocycles. The van der Waals surface area contributed by atoms with Crippen LogP contribution in [0.5, 0.6) is 5.75 Å². The van der Waals surface area contributed by atoms with E-state index in [1.54, 1.807) is 12.1 Å². The summed E-state index contributed by atoms with van der Waals surface area (Å²) in [5.74, 6) is 0.530. The van der Waals surface area contributed by atoms with Crippen LogP contribution in [0.1, 0.15) is 40.0 Å². The van der Waals surface area contributed by atoms with Crippen molar-refractivity contribution in [3.63, 3.8) is 0 Å². The molecule has 1 aromatic rings. The first kappa shape index (κ1) is 16.1. The molecule has 0 aliphatic carbocycles. The molecule has 2 N–H and O–H groups in total. The molecule has 2 rings (SSSR count). The minimum atomic E-state index is -0.229. The van der Waals surface area contributed by atoms with Gasteiger partial charge in [-0.1, -0.05) is 20.8 Å². The fourth-order valence-electron chi connectivity index (χ4n) is 2.56. The van der Waals surface area contributed by atoms with Crippen LogP contribution in [0.3, 0.4) is 0 Å². The van der Waals surface area contributed by atoms with E-state index in [4.69, 9.17) is 10.5 Å². The molecule has 1 saturated heterocycles. The summed E-state index contributed by atoms with van der Waals surface area (Å²) >= 11 is 0. The number of halogens is 1. The lowest BCUT2D eigenvalue weighted by atomic mass is 9.93. The minimum Gasteiger partial charge on any atom is -0.491 e. The molecule has 1 aromatic carbocycles. The Bertz CT molecular complexity index is 470. The summed E-state index contributed by atoms with van der Waals surface area (Å²) in [7, 11) is 0. The minimum absolute atomic E-state index is 0.157.